The molecule has 0 radical (unpaired) electrons. The van der Waals surface area contributed by atoms with Gasteiger partial charge >= 0.3 is 0 Å². The summed E-state index contributed by atoms with van der Waals surface area (Å²) in [5.41, 5.74) is 7.60. The predicted octanol–water partition coefficient (Wildman–Crippen LogP) is 2.88. The first-order chi connectivity index (χ1) is 10.3. The van der Waals surface area contributed by atoms with Gasteiger partial charge in [-0.3, -0.25) is 0 Å². The zero-order valence-corrected chi connectivity index (χ0v) is 12.2. The van der Waals surface area contributed by atoms with Gasteiger partial charge in [-0.25, -0.2) is 0 Å². The lowest BCUT2D eigenvalue weighted by atomic mass is 10.1. The van der Waals surface area contributed by atoms with Gasteiger partial charge in [0.05, 0.1) is 0 Å². The Bertz CT molecular complexity index is 631. The van der Waals surface area contributed by atoms with E-state index >= 15 is 0 Å². The molecule has 0 spiro atoms. The molecule has 21 heavy (non-hydrogen) atoms. The van der Waals surface area contributed by atoms with E-state index in [4.69, 9.17) is 15.7 Å². The van der Waals surface area contributed by atoms with Crippen LogP contribution in [0, 0.1) is 0 Å². The van der Waals surface area contributed by atoms with Gasteiger partial charge in [-0.05, 0) is 42.3 Å². The van der Waals surface area contributed by atoms with Gasteiger partial charge in [0.1, 0.15) is 12.4 Å². The topological polar surface area (TPSA) is 67.8 Å². The number of benzene rings is 2. The fraction of sp³-hybridized carbons (Fsp3) is 0.188. The van der Waals surface area contributed by atoms with E-state index in [1.165, 1.54) is 10.5 Å². The molecule has 1 heterocycles. The van der Waals surface area contributed by atoms with Gasteiger partial charge in [0.2, 0.25) is 0 Å². The van der Waals surface area contributed by atoms with E-state index in [9.17, 15) is 0 Å². The minimum absolute atomic E-state index is 0.100. The highest BCUT2D eigenvalue weighted by Crippen LogP contribution is 2.36. The molecule has 0 fully saturated rings. The first-order valence-electron chi connectivity index (χ1n) is 6.71. The van der Waals surface area contributed by atoms with Crippen molar-refractivity contribution in [3.05, 3.63) is 59.7 Å². The molecular formula is C16H16N2O2S. The Kier molecular flexibility index (Phi) is 4.01. The third-order valence-corrected chi connectivity index (χ3v) is 4.70. The van der Waals surface area contributed by atoms with Crippen molar-refractivity contribution in [3.8, 4) is 5.75 Å². The minimum atomic E-state index is 0.100. The highest BCUT2D eigenvalue weighted by Gasteiger charge is 2.22. The fourth-order valence-corrected chi connectivity index (χ4v) is 3.53. The molecule has 3 N–H and O–H groups in total. The number of nitrogens with two attached hydrogens (primary N) is 1. The molecule has 0 aromatic heterocycles. The molecule has 2 aromatic carbocycles. The highest BCUT2D eigenvalue weighted by molar-refractivity contribution is 8.00. The molecule has 1 aliphatic rings. The van der Waals surface area contributed by atoms with Crippen LogP contribution in [0.4, 0.5) is 0 Å². The van der Waals surface area contributed by atoms with Gasteiger partial charge in [0.25, 0.3) is 0 Å². The number of nitrogens with zero attached hydrogens (tertiary/aromatic N) is 1. The summed E-state index contributed by atoms with van der Waals surface area (Å²) in [5, 5.41) is 12.0. The molecule has 5 heteroatoms. The van der Waals surface area contributed by atoms with E-state index in [-0.39, 0.29) is 5.84 Å². The summed E-state index contributed by atoms with van der Waals surface area (Å²) in [6.07, 6.45) is 1.04. The summed E-state index contributed by atoms with van der Waals surface area (Å²) in [6.45, 7) is 0.669. The van der Waals surface area contributed by atoms with Crippen LogP contribution < -0.4 is 10.5 Å². The zero-order chi connectivity index (χ0) is 14.7. The van der Waals surface area contributed by atoms with Crippen LogP contribution in [0.1, 0.15) is 11.1 Å². The molecule has 0 amide bonds. The van der Waals surface area contributed by atoms with Crippen molar-refractivity contribution in [2.75, 3.05) is 6.61 Å². The maximum atomic E-state index is 8.62. The molecule has 3 rings (SSSR count). The van der Waals surface area contributed by atoms with Crippen LogP contribution in [-0.4, -0.2) is 22.9 Å². The van der Waals surface area contributed by atoms with E-state index in [0.29, 0.717) is 17.4 Å². The summed E-state index contributed by atoms with van der Waals surface area (Å²) >= 11 is 1.87. The lowest BCUT2D eigenvalue weighted by Crippen LogP contribution is -2.14. The summed E-state index contributed by atoms with van der Waals surface area (Å²) < 4.78 is 5.83. The van der Waals surface area contributed by atoms with E-state index in [1.807, 2.05) is 23.9 Å². The van der Waals surface area contributed by atoms with Gasteiger partial charge in [-0.15, -0.1) is 11.8 Å². The van der Waals surface area contributed by atoms with Crippen LogP contribution in [0.25, 0.3) is 0 Å². The molecule has 2 aromatic rings. The Labute approximate surface area is 127 Å². The van der Waals surface area contributed by atoms with E-state index < -0.39 is 0 Å². The van der Waals surface area contributed by atoms with Crippen LogP contribution in [0.2, 0.25) is 0 Å². The van der Waals surface area contributed by atoms with Crippen LogP contribution in [0.15, 0.2) is 58.6 Å². The van der Waals surface area contributed by atoms with E-state index in [0.717, 1.165) is 12.2 Å². The molecule has 0 bridgehead atoms. The minimum Gasteiger partial charge on any atom is -0.492 e. The summed E-state index contributed by atoms with van der Waals surface area (Å²) in [5.74, 6) is 0.893. The number of thioether (sulfide) groups is 1. The van der Waals surface area contributed by atoms with Crippen molar-refractivity contribution >= 4 is 17.6 Å². The van der Waals surface area contributed by atoms with Gasteiger partial charge in [0.15, 0.2) is 5.84 Å². The summed E-state index contributed by atoms with van der Waals surface area (Å²) in [6, 6.07) is 15.7. The molecule has 1 unspecified atom stereocenters. The third kappa shape index (κ3) is 3.13. The number of hydrogen-bond donors (Lipinski definition) is 2. The Hall–Kier alpha value is -2.14. The molecule has 1 atom stereocenters. The average Bonchev–Trinajstić information content (AvgIpc) is 2.95. The molecule has 4 nitrogen and oxygen atoms in total. The van der Waals surface area contributed by atoms with E-state index in [2.05, 4.69) is 29.4 Å². The second-order valence-corrected chi connectivity index (χ2v) is 6.21. The number of hydrogen-bond acceptors (Lipinski definition) is 4. The van der Waals surface area contributed by atoms with Gasteiger partial charge < -0.3 is 15.7 Å². The normalized spacial score (nSPS) is 17.5. The number of amidine groups is 1. The third-order valence-electron chi connectivity index (χ3n) is 3.41. The highest BCUT2D eigenvalue weighted by atomic mass is 32.2. The fourth-order valence-electron chi connectivity index (χ4n) is 2.32. The maximum absolute atomic E-state index is 8.62. The predicted molar refractivity (Wildman–Crippen MR) is 84.2 cm³/mol. The molecule has 0 saturated carbocycles. The van der Waals surface area contributed by atoms with Crippen LogP contribution in [0.3, 0.4) is 0 Å². The van der Waals surface area contributed by atoms with Crippen molar-refractivity contribution in [1.29, 1.82) is 0 Å². The van der Waals surface area contributed by atoms with Crippen molar-refractivity contribution in [3.63, 3.8) is 0 Å². The summed E-state index contributed by atoms with van der Waals surface area (Å²) in [7, 11) is 0. The van der Waals surface area contributed by atoms with Gasteiger partial charge in [0, 0.05) is 15.7 Å². The quantitative estimate of drug-likeness (QED) is 0.394. The molecule has 0 saturated heterocycles. The Morgan fingerprint density at radius 3 is 2.71 bits per heavy atom. The van der Waals surface area contributed by atoms with Gasteiger partial charge in [-0.1, -0.05) is 23.4 Å². The largest absolute Gasteiger partial charge is 0.492 e. The Morgan fingerprint density at radius 2 is 2.00 bits per heavy atom. The van der Waals surface area contributed by atoms with Crippen molar-refractivity contribution < 1.29 is 9.94 Å². The first-order valence-corrected chi connectivity index (χ1v) is 7.59. The van der Waals surface area contributed by atoms with Crippen LogP contribution in [-0.2, 0) is 6.42 Å². The number of fused-ring (bicyclic) bond motifs is 1. The SMILES string of the molecule is NC(=NO)c1ccc(OCC2Cc3ccccc3S2)cc1. The zero-order valence-electron chi connectivity index (χ0n) is 11.4. The Morgan fingerprint density at radius 1 is 1.24 bits per heavy atom. The number of oxime groups is 1. The Balaban J connectivity index is 1.57. The first kappa shape index (κ1) is 13.8. The second kappa shape index (κ2) is 6.10. The molecule has 108 valence electrons. The molecule has 1 aliphatic heterocycles. The monoisotopic (exact) mass is 300 g/mol. The van der Waals surface area contributed by atoms with Gasteiger partial charge in [-0.2, -0.15) is 0 Å². The van der Waals surface area contributed by atoms with Crippen molar-refractivity contribution in [2.24, 2.45) is 10.9 Å². The van der Waals surface area contributed by atoms with E-state index in [1.54, 1.807) is 12.1 Å². The molecule has 0 aliphatic carbocycles. The lowest BCUT2D eigenvalue weighted by Gasteiger charge is -2.11. The second-order valence-electron chi connectivity index (χ2n) is 4.87. The number of ether oxygens (including phenoxy) is 1. The maximum Gasteiger partial charge on any atom is 0.170 e. The van der Waals surface area contributed by atoms with Crippen LogP contribution in [0.5, 0.6) is 5.75 Å². The van der Waals surface area contributed by atoms with Crippen LogP contribution >= 0.6 is 11.8 Å². The standard InChI is InChI=1S/C16H16N2O2S/c17-16(18-19)11-5-7-13(8-6-11)20-10-14-9-12-3-1-2-4-15(12)21-14/h1-8,14,19H,9-10H2,(H2,17,18). The number of rotatable bonds is 4. The lowest BCUT2D eigenvalue weighted by molar-refractivity contribution is 0.317. The smallest absolute Gasteiger partial charge is 0.170 e. The van der Waals surface area contributed by atoms with Crippen molar-refractivity contribution in [1.82, 2.24) is 0 Å². The summed E-state index contributed by atoms with van der Waals surface area (Å²) in [4.78, 5) is 1.35. The molecular weight excluding hydrogens is 284 g/mol. The van der Waals surface area contributed by atoms with Crippen molar-refractivity contribution in [2.45, 2.75) is 16.6 Å². The average molecular weight is 300 g/mol.